The quantitative estimate of drug-likeness (QED) is 0.535. The molecule has 6 heteroatoms. The van der Waals surface area contributed by atoms with E-state index < -0.39 is 17.9 Å². The van der Waals surface area contributed by atoms with Crippen LogP contribution in [0.2, 0.25) is 0 Å². The van der Waals surface area contributed by atoms with E-state index in [9.17, 15) is 9.59 Å². The number of aliphatic carboxylic acids is 1. The van der Waals surface area contributed by atoms with Gasteiger partial charge in [0.25, 0.3) is 5.91 Å². The zero-order chi connectivity index (χ0) is 17.4. The fourth-order valence-electron chi connectivity index (χ4n) is 2.59. The summed E-state index contributed by atoms with van der Waals surface area (Å²) in [5.74, 6) is -0.989. The highest BCUT2D eigenvalue weighted by molar-refractivity contribution is 5.96. The van der Waals surface area contributed by atoms with Gasteiger partial charge in [-0.1, -0.05) is 12.1 Å². The molecule has 6 nitrogen and oxygen atoms in total. The molecule has 0 heterocycles. The maximum absolute atomic E-state index is 12.3. The number of hydrogen-bond acceptors (Lipinski definition) is 4. The van der Waals surface area contributed by atoms with Crippen LogP contribution in [0.4, 0.5) is 0 Å². The molecule has 1 fully saturated rings. The molecule has 24 heavy (non-hydrogen) atoms. The first-order chi connectivity index (χ1) is 11.6. The number of carbonyl (C=O) groups is 2. The molecule has 1 saturated carbocycles. The Morgan fingerprint density at radius 2 is 2.12 bits per heavy atom. The lowest BCUT2D eigenvalue weighted by molar-refractivity contribution is -0.140. The van der Waals surface area contributed by atoms with Crippen LogP contribution < -0.4 is 10.1 Å². The summed E-state index contributed by atoms with van der Waals surface area (Å²) in [7, 11) is 0. The van der Waals surface area contributed by atoms with Gasteiger partial charge in [-0.2, -0.15) is 0 Å². The third-order valence-corrected chi connectivity index (χ3v) is 3.82. The van der Waals surface area contributed by atoms with Crippen molar-refractivity contribution in [3.05, 3.63) is 42.5 Å². The molecule has 1 aliphatic rings. The van der Waals surface area contributed by atoms with Crippen LogP contribution in [-0.4, -0.2) is 42.3 Å². The Morgan fingerprint density at radius 3 is 2.79 bits per heavy atom. The van der Waals surface area contributed by atoms with Crippen molar-refractivity contribution in [2.45, 2.75) is 37.8 Å². The van der Waals surface area contributed by atoms with Gasteiger partial charge in [0.15, 0.2) is 6.04 Å². The first-order valence-corrected chi connectivity index (χ1v) is 8.09. The van der Waals surface area contributed by atoms with Gasteiger partial charge in [0, 0.05) is 5.56 Å². The van der Waals surface area contributed by atoms with Crippen LogP contribution >= 0.6 is 0 Å². The molecule has 130 valence electrons. The molecule has 0 aliphatic heterocycles. The summed E-state index contributed by atoms with van der Waals surface area (Å²) in [5, 5.41) is 11.6. The highest BCUT2D eigenvalue weighted by Gasteiger charge is 2.21. The van der Waals surface area contributed by atoms with Crippen molar-refractivity contribution < 1.29 is 24.2 Å². The summed E-state index contributed by atoms with van der Waals surface area (Å²) in [5.41, 5.74) is 0.362. The highest BCUT2D eigenvalue weighted by atomic mass is 16.5. The zero-order valence-corrected chi connectivity index (χ0v) is 13.6. The van der Waals surface area contributed by atoms with Crippen molar-refractivity contribution in [3.63, 3.8) is 0 Å². The molecule has 0 radical (unpaired) electrons. The van der Waals surface area contributed by atoms with E-state index in [0.717, 1.165) is 25.7 Å². The van der Waals surface area contributed by atoms with E-state index in [-0.39, 0.29) is 19.3 Å². The maximum atomic E-state index is 12.3. The molecule has 2 N–H and O–H groups in total. The molecule has 1 aromatic carbocycles. The van der Waals surface area contributed by atoms with E-state index in [1.54, 1.807) is 24.3 Å². The fourth-order valence-corrected chi connectivity index (χ4v) is 2.59. The number of nitrogens with one attached hydrogen (secondary N) is 1. The number of carboxylic acids is 1. The Kier molecular flexibility index (Phi) is 6.81. The van der Waals surface area contributed by atoms with Crippen LogP contribution in [0.25, 0.3) is 0 Å². The summed E-state index contributed by atoms with van der Waals surface area (Å²) in [4.78, 5) is 23.5. The minimum Gasteiger partial charge on any atom is -0.490 e. The number of rotatable bonds is 9. The van der Waals surface area contributed by atoms with Crippen LogP contribution in [0.5, 0.6) is 5.75 Å². The summed E-state index contributed by atoms with van der Waals surface area (Å²) >= 11 is 0. The van der Waals surface area contributed by atoms with Gasteiger partial charge in [-0.25, -0.2) is 4.79 Å². The van der Waals surface area contributed by atoms with Gasteiger partial charge >= 0.3 is 5.97 Å². The molecule has 0 saturated heterocycles. The van der Waals surface area contributed by atoms with Crippen molar-refractivity contribution in [2.75, 3.05) is 13.2 Å². The Balaban J connectivity index is 1.96. The van der Waals surface area contributed by atoms with Crippen molar-refractivity contribution in [1.29, 1.82) is 0 Å². The smallest absolute Gasteiger partial charge is 0.328 e. The number of ether oxygens (including phenoxy) is 2. The molecular formula is C18H23NO5. The normalized spacial score (nSPS) is 15.7. The number of benzene rings is 1. The molecule has 1 aromatic rings. The summed E-state index contributed by atoms with van der Waals surface area (Å²) in [6, 6.07) is 5.68. The molecule has 0 spiro atoms. The first kappa shape index (κ1) is 18.0. The minimum absolute atomic E-state index is 0.120. The van der Waals surface area contributed by atoms with E-state index in [1.807, 2.05) is 0 Å². The summed E-state index contributed by atoms with van der Waals surface area (Å²) in [6.07, 6.45) is 6.09. The molecule has 1 unspecified atom stereocenters. The number of carbonyl (C=O) groups excluding carboxylic acids is 1. The largest absolute Gasteiger partial charge is 0.490 e. The van der Waals surface area contributed by atoms with Crippen LogP contribution in [-0.2, 0) is 9.53 Å². The number of amides is 1. The van der Waals surface area contributed by atoms with Crippen LogP contribution in [0.3, 0.4) is 0 Å². The van der Waals surface area contributed by atoms with Crippen molar-refractivity contribution >= 4 is 11.9 Å². The Labute approximate surface area is 141 Å². The summed E-state index contributed by atoms with van der Waals surface area (Å²) in [6.45, 7) is 3.60. The van der Waals surface area contributed by atoms with Gasteiger partial charge in [0.2, 0.25) is 0 Å². The predicted molar refractivity (Wildman–Crippen MR) is 89.2 cm³/mol. The fraction of sp³-hybridized carbons (Fsp3) is 0.444. The SMILES string of the molecule is C=CCOCC(NC(=O)c1cccc(OC2CCCC2)c1)C(=O)O. The van der Waals surface area contributed by atoms with Gasteiger partial charge in [0.1, 0.15) is 5.75 Å². The molecular weight excluding hydrogens is 310 g/mol. The molecule has 0 bridgehead atoms. The molecule has 2 rings (SSSR count). The van der Waals surface area contributed by atoms with Crippen molar-refractivity contribution in [2.24, 2.45) is 0 Å². The number of carboxylic acid groups (broad SMARTS) is 1. The topological polar surface area (TPSA) is 84.9 Å². The molecule has 1 aliphatic carbocycles. The second-order valence-corrected chi connectivity index (χ2v) is 5.74. The third kappa shape index (κ3) is 5.38. The van der Waals surface area contributed by atoms with E-state index >= 15 is 0 Å². The zero-order valence-electron chi connectivity index (χ0n) is 13.6. The lowest BCUT2D eigenvalue weighted by Gasteiger charge is -2.16. The van der Waals surface area contributed by atoms with Gasteiger partial charge < -0.3 is 19.9 Å². The van der Waals surface area contributed by atoms with Crippen LogP contribution in [0, 0.1) is 0 Å². The van der Waals surface area contributed by atoms with Gasteiger partial charge in [-0.15, -0.1) is 6.58 Å². The summed E-state index contributed by atoms with van der Waals surface area (Å²) < 4.78 is 11.0. The first-order valence-electron chi connectivity index (χ1n) is 8.09. The lowest BCUT2D eigenvalue weighted by atomic mass is 10.2. The van der Waals surface area contributed by atoms with Crippen molar-refractivity contribution in [1.82, 2.24) is 5.32 Å². The van der Waals surface area contributed by atoms with E-state index in [1.165, 1.54) is 6.08 Å². The monoisotopic (exact) mass is 333 g/mol. The Bertz CT molecular complexity index is 581. The van der Waals surface area contributed by atoms with Crippen LogP contribution in [0.1, 0.15) is 36.0 Å². The Hall–Kier alpha value is -2.34. The average molecular weight is 333 g/mol. The van der Waals surface area contributed by atoms with Crippen molar-refractivity contribution in [3.8, 4) is 5.75 Å². The van der Waals surface area contributed by atoms with Gasteiger partial charge in [0.05, 0.1) is 19.3 Å². The van der Waals surface area contributed by atoms with E-state index in [2.05, 4.69) is 11.9 Å². The standard InChI is InChI=1S/C18H23NO5/c1-2-10-23-12-16(18(21)22)19-17(20)13-6-5-9-15(11-13)24-14-7-3-4-8-14/h2,5-6,9,11,14,16H,1,3-4,7-8,10,12H2,(H,19,20)(H,21,22). The minimum atomic E-state index is -1.15. The number of hydrogen-bond donors (Lipinski definition) is 2. The second-order valence-electron chi connectivity index (χ2n) is 5.74. The molecule has 1 atom stereocenters. The third-order valence-electron chi connectivity index (χ3n) is 3.82. The lowest BCUT2D eigenvalue weighted by Crippen LogP contribution is -2.44. The van der Waals surface area contributed by atoms with Crippen LogP contribution in [0.15, 0.2) is 36.9 Å². The van der Waals surface area contributed by atoms with Gasteiger partial charge in [-0.05, 0) is 43.9 Å². The Morgan fingerprint density at radius 1 is 1.38 bits per heavy atom. The molecule has 1 amide bonds. The van der Waals surface area contributed by atoms with E-state index in [0.29, 0.717) is 11.3 Å². The molecule has 0 aromatic heterocycles. The van der Waals surface area contributed by atoms with Gasteiger partial charge in [-0.3, -0.25) is 4.79 Å². The maximum Gasteiger partial charge on any atom is 0.328 e. The second kappa shape index (κ2) is 9.08. The highest BCUT2D eigenvalue weighted by Crippen LogP contribution is 2.24. The predicted octanol–water partition coefficient (Wildman–Crippen LogP) is 2.39. The van der Waals surface area contributed by atoms with E-state index in [4.69, 9.17) is 14.6 Å². The average Bonchev–Trinajstić information content (AvgIpc) is 3.07.